The summed E-state index contributed by atoms with van der Waals surface area (Å²) in [5.41, 5.74) is 0.341. The van der Waals surface area contributed by atoms with Crippen molar-refractivity contribution >= 4 is 23.9 Å². The van der Waals surface area contributed by atoms with E-state index in [2.05, 4.69) is 19.7 Å². The first-order valence-electron chi connectivity index (χ1n) is 14.9. The molecule has 0 atom stereocenters. The Kier molecular flexibility index (Phi) is 17.1. The third-order valence-electron chi connectivity index (χ3n) is 6.08. The number of carbonyl (C=O) groups excluding carboxylic acids is 4. The second kappa shape index (κ2) is 21.3. The van der Waals surface area contributed by atoms with Crippen molar-refractivity contribution in [3.8, 4) is 11.5 Å². The molecule has 0 aromatic heterocycles. The largest absolute Gasteiger partial charge is 0.494 e. The molecule has 47 heavy (non-hydrogen) atoms. The van der Waals surface area contributed by atoms with E-state index in [1.54, 1.807) is 24.3 Å². The van der Waals surface area contributed by atoms with E-state index in [-0.39, 0.29) is 35.9 Å². The van der Waals surface area contributed by atoms with Crippen LogP contribution in [0.1, 0.15) is 59.7 Å². The second-order valence-electron chi connectivity index (χ2n) is 9.65. The van der Waals surface area contributed by atoms with E-state index < -0.39 is 29.7 Å². The Morgan fingerprint density at radius 3 is 1.60 bits per heavy atom. The van der Waals surface area contributed by atoms with E-state index >= 15 is 0 Å². The molecule has 11 heteroatoms. The minimum Gasteiger partial charge on any atom is -0.494 e. The molecule has 0 saturated carbocycles. The maximum absolute atomic E-state index is 14.9. The highest BCUT2D eigenvalue weighted by molar-refractivity contribution is 5.91. The van der Waals surface area contributed by atoms with Crippen molar-refractivity contribution < 1.29 is 52.0 Å². The highest BCUT2D eigenvalue weighted by Crippen LogP contribution is 2.21. The van der Waals surface area contributed by atoms with Crippen LogP contribution in [0.5, 0.6) is 11.5 Å². The molecule has 0 heterocycles. The molecule has 0 amide bonds. The molecule has 0 bridgehead atoms. The number of esters is 4. The van der Waals surface area contributed by atoms with Crippen molar-refractivity contribution in [3.63, 3.8) is 0 Å². The van der Waals surface area contributed by atoms with Crippen molar-refractivity contribution in [2.24, 2.45) is 0 Å². The number of benzene rings is 2. The highest BCUT2D eigenvalue weighted by Gasteiger charge is 2.16. The minimum absolute atomic E-state index is 0.144. The molecule has 0 fully saturated rings. The van der Waals surface area contributed by atoms with Gasteiger partial charge in [-0.2, -0.15) is 0 Å². The van der Waals surface area contributed by atoms with E-state index in [0.29, 0.717) is 31.1 Å². The molecule has 0 radical (unpaired) electrons. The van der Waals surface area contributed by atoms with Gasteiger partial charge in [0.2, 0.25) is 0 Å². The average molecular weight is 651 g/mol. The van der Waals surface area contributed by atoms with Crippen LogP contribution in [0.2, 0.25) is 0 Å². The van der Waals surface area contributed by atoms with E-state index in [4.69, 9.17) is 28.4 Å². The first kappa shape index (κ1) is 37.7. The van der Waals surface area contributed by atoms with Crippen LogP contribution < -0.4 is 9.47 Å². The van der Waals surface area contributed by atoms with Crippen molar-refractivity contribution in [2.45, 2.75) is 39.0 Å². The molecule has 0 spiro atoms. The number of unbranched alkanes of at least 4 members (excludes halogenated alkanes) is 3. The highest BCUT2D eigenvalue weighted by atomic mass is 19.1. The molecule has 0 N–H and O–H groups in total. The minimum atomic E-state index is -0.975. The summed E-state index contributed by atoms with van der Waals surface area (Å²) in [5.74, 6) is -3.15. The van der Waals surface area contributed by atoms with Crippen LogP contribution in [0.3, 0.4) is 0 Å². The molecule has 0 aliphatic carbocycles. The lowest BCUT2D eigenvalue weighted by atomic mass is 10.2. The van der Waals surface area contributed by atoms with Crippen LogP contribution in [0, 0.1) is 0 Å². The van der Waals surface area contributed by atoms with Gasteiger partial charge in [0.05, 0.1) is 37.6 Å². The van der Waals surface area contributed by atoms with Gasteiger partial charge >= 0.3 is 23.9 Å². The first-order chi connectivity index (χ1) is 22.7. The van der Waals surface area contributed by atoms with Crippen LogP contribution >= 0.6 is 0 Å². The fourth-order valence-electron chi connectivity index (χ4n) is 3.66. The lowest BCUT2D eigenvalue weighted by molar-refractivity contribution is -0.138. The summed E-state index contributed by atoms with van der Waals surface area (Å²) in [6.07, 6.45) is 8.11. The van der Waals surface area contributed by atoms with Crippen molar-refractivity contribution in [3.05, 3.63) is 121 Å². The molecule has 0 aliphatic heterocycles. The zero-order valence-corrected chi connectivity index (χ0v) is 26.4. The maximum atomic E-state index is 14.9. The fraction of sp³-hybridized carbons (Fsp3) is 0.278. The van der Waals surface area contributed by atoms with Crippen molar-refractivity contribution in [2.75, 3.05) is 26.4 Å². The summed E-state index contributed by atoms with van der Waals surface area (Å²) < 4.78 is 46.2. The predicted molar refractivity (Wildman–Crippen MR) is 172 cm³/mol. The topological polar surface area (TPSA) is 124 Å². The lowest BCUT2D eigenvalue weighted by Crippen LogP contribution is -2.08. The normalized spacial score (nSPS) is 11.1. The average Bonchev–Trinajstić information content (AvgIpc) is 3.08. The Bertz CT molecular complexity index is 1440. The Labute approximate surface area is 273 Å². The van der Waals surface area contributed by atoms with Gasteiger partial charge in [-0.1, -0.05) is 19.7 Å². The second-order valence-corrected chi connectivity index (χ2v) is 9.65. The van der Waals surface area contributed by atoms with Gasteiger partial charge < -0.3 is 28.4 Å². The number of allylic oxidation sites excluding steroid dienone is 3. The van der Waals surface area contributed by atoms with Gasteiger partial charge in [-0.25, -0.2) is 23.6 Å². The van der Waals surface area contributed by atoms with Gasteiger partial charge in [-0.3, -0.25) is 0 Å². The number of ether oxygens (including phenoxy) is 6. The summed E-state index contributed by atoms with van der Waals surface area (Å²) in [6.45, 7) is 13.0. The first-order valence-corrected chi connectivity index (χ1v) is 14.9. The van der Waals surface area contributed by atoms with Crippen LogP contribution in [0.15, 0.2) is 110 Å². The number of halogens is 1. The molecular formula is C36H39FO10. The van der Waals surface area contributed by atoms with Crippen LogP contribution in [-0.4, -0.2) is 50.3 Å². The van der Waals surface area contributed by atoms with Gasteiger partial charge in [0.15, 0.2) is 11.6 Å². The number of hydrogen-bond donors (Lipinski definition) is 0. The van der Waals surface area contributed by atoms with Crippen molar-refractivity contribution in [1.29, 1.82) is 0 Å². The van der Waals surface area contributed by atoms with E-state index in [0.717, 1.165) is 43.9 Å². The number of carbonyl (C=O) groups is 4. The molecule has 2 rings (SSSR count). The van der Waals surface area contributed by atoms with E-state index in [1.807, 2.05) is 0 Å². The van der Waals surface area contributed by atoms with Gasteiger partial charge in [0.1, 0.15) is 17.3 Å². The summed E-state index contributed by atoms with van der Waals surface area (Å²) >= 11 is 0. The molecular weight excluding hydrogens is 611 g/mol. The van der Waals surface area contributed by atoms with Gasteiger partial charge in [-0.05, 0) is 87.2 Å². The Morgan fingerprint density at radius 1 is 0.660 bits per heavy atom. The Balaban J connectivity index is 1.76. The lowest BCUT2D eigenvalue weighted by Gasteiger charge is -2.10. The standard InChI is InChI=1S/C36H39FO10/c1-5-32(47-36(41)28-15-19-30(20-16-28)43-23-12-24-45-34(39)7-3)31(37)25-26(4)46-35(40)27-13-17-29(18-14-27)42-21-10-8-9-11-22-44-33(38)6-2/h5-7,13-20,25H,2-4,8-12,21-24H2,1H3/b31-25+,32-5+. The van der Waals surface area contributed by atoms with Gasteiger partial charge in [0.25, 0.3) is 0 Å². The molecule has 0 saturated heterocycles. The van der Waals surface area contributed by atoms with E-state index in [9.17, 15) is 23.6 Å². The predicted octanol–water partition coefficient (Wildman–Crippen LogP) is 7.14. The molecule has 250 valence electrons. The molecule has 0 aliphatic rings. The smallest absolute Gasteiger partial charge is 0.343 e. The fourth-order valence-corrected chi connectivity index (χ4v) is 3.66. The zero-order valence-electron chi connectivity index (χ0n) is 26.4. The van der Waals surface area contributed by atoms with Crippen LogP contribution in [0.4, 0.5) is 4.39 Å². The number of rotatable bonds is 21. The monoisotopic (exact) mass is 650 g/mol. The quantitative estimate of drug-likeness (QED) is 0.0344. The van der Waals surface area contributed by atoms with Gasteiger partial charge in [0, 0.05) is 24.6 Å². The van der Waals surface area contributed by atoms with Crippen LogP contribution in [0.25, 0.3) is 0 Å². The van der Waals surface area contributed by atoms with Crippen LogP contribution in [-0.2, 0) is 28.5 Å². The SMILES string of the molecule is C=CC(=O)OCCCCCCOc1ccc(C(=O)OC(=C)/C=C(F)\C(=C/C)OC(=O)c2ccc(OCCCOC(=O)C=C)cc2)cc1. The Morgan fingerprint density at radius 2 is 1.11 bits per heavy atom. The van der Waals surface area contributed by atoms with Crippen molar-refractivity contribution in [1.82, 2.24) is 0 Å². The third kappa shape index (κ3) is 14.9. The summed E-state index contributed by atoms with van der Waals surface area (Å²) in [4.78, 5) is 47.1. The van der Waals surface area contributed by atoms with E-state index in [1.165, 1.54) is 37.3 Å². The number of hydrogen-bond acceptors (Lipinski definition) is 10. The molecule has 0 unspecified atom stereocenters. The molecule has 10 nitrogen and oxygen atoms in total. The summed E-state index contributed by atoms with van der Waals surface area (Å²) in [7, 11) is 0. The Hall–Kier alpha value is -5.45. The zero-order chi connectivity index (χ0) is 34.4. The van der Waals surface area contributed by atoms with Gasteiger partial charge in [-0.15, -0.1) is 0 Å². The summed E-state index contributed by atoms with van der Waals surface area (Å²) in [6, 6.07) is 12.3. The molecule has 2 aromatic rings. The third-order valence-corrected chi connectivity index (χ3v) is 6.08. The maximum Gasteiger partial charge on any atom is 0.343 e. The molecule has 2 aromatic carbocycles. The summed E-state index contributed by atoms with van der Waals surface area (Å²) in [5, 5.41) is 0.